The van der Waals surface area contributed by atoms with Gasteiger partial charge < -0.3 is 15.2 Å². The van der Waals surface area contributed by atoms with E-state index >= 15 is 0 Å². The third-order valence-corrected chi connectivity index (χ3v) is 5.23. The third-order valence-electron chi connectivity index (χ3n) is 5.23. The molecule has 0 saturated heterocycles. The van der Waals surface area contributed by atoms with Crippen LogP contribution in [0.2, 0.25) is 0 Å². The number of fused-ring (bicyclic) bond motifs is 1. The summed E-state index contributed by atoms with van der Waals surface area (Å²) in [6.45, 7) is 5.93. The van der Waals surface area contributed by atoms with Crippen LogP contribution in [0.25, 0.3) is 0 Å². The summed E-state index contributed by atoms with van der Waals surface area (Å²) in [5.41, 5.74) is 6.10. The van der Waals surface area contributed by atoms with Gasteiger partial charge >= 0.3 is 0 Å². The first-order chi connectivity index (χ1) is 14.1. The van der Waals surface area contributed by atoms with Gasteiger partial charge in [-0.1, -0.05) is 12.1 Å². The predicted molar refractivity (Wildman–Crippen MR) is 117 cm³/mol. The van der Waals surface area contributed by atoms with Gasteiger partial charge in [0.15, 0.2) is 0 Å². The molecule has 4 rings (SSSR count). The van der Waals surface area contributed by atoms with Crippen LogP contribution in [0.1, 0.15) is 29.0 Å². The molecule has 0 fully saturated rings. The Morgan fingerprint density at radius 3 is 2.93 bits per heavy atom. The van der Waals surface area contributed by atoms with E-state index in [2.05, 4.69) is 32.1 Å². The Hall–Kier alpha value is -3.41. The van der Waals surface area contributed by atoms with Crippen molar-refractivity contribution in [2.24, 2.45) is 4.99 Å². The second-order valence-electron chi connectivity index (χ2n) is 7.36. The van der Waals surface area contributed by atoms with E-state index in [-0.39, 0.29) is 11.8 Å². The number of aromatic nitrogens is 2. The van der Waals surface area contributed by atoms with Crippen LogP contribution in [-0.2, 0) is 11.3 Å². The van der Waals surface area contributed by atoms with Gasteiger partial charge in [-0.05, 0) is 61.2 Å². The highest BCUT2D eigenvalue weighted by molar-refractivity contribution is 6.13. The molecule has 1 atom stereocenters. The number of aliphatic imine (C=N–C) groups is 1. The quantitative estimate of drug-likeness (QED) is 0.465. The number of anilines is 2. The van der Waals surface area contributed by atoms with E-state index in [0.29, 0.717) is 0 Å². The van der Waals surface area contributed by atoms with Crippen LogP contribution in [0, 0.1) is 13.8 Å². The SMILES string of the molecule is Cc1cc(N=CC2C(=O)Nc3cccc(C)c32)ccc1NCCCn1ccnc1. The number of nitrogens with one attached hydrogen (secondary N) is 2. The largest absolute Gasteiger partial charge is 0.385 e. The van der Waals surface area contributed by atoms with Gasteiger partial charge in [0.1, 0.15) is 5.92 Å². The van der Waals surface area contributed by atoms with Gasteiger partial charge in [-0.2, -0.15) is 0 Å². The summed E-state index contributed by atoms with van der Waals surface area (Å²) in [5.74, 6) is -0.363. The molecule has 0 aliphatic carbocycles. The summed E-state index contributed by atoms with van der Waals surface area (Å²) >= 11 is 0. The molecular formula is C23H25N5O. The van der Waals surface area contributed by atoms with Crippen LogP contribution in [0.5, 0.6) is 0 Å². The Kier molecular flexibility index (Phi) is 5.42. The van der Waals surface area contributed by atoms with Gasteiger partial charge in [0, 0.05) is 43.1 Å². The molecule has 0 saturated carbocycles. The number of imidazole rings is 1. The van der Waals surface area contributed by atoms with Gasteiger partial charge in [0.25, 0.3) is 0 Å². The molecule has 148 valence electrons. The minimum Gasteiger partial charge on any atom is -0.385 e. The molecule has 2 aromatic carbocycles. The average Bonchev–Trinajstić information content (AvgIpc) is 3.33. The maximum atomic E-state index is 12.3. The molecular weight excluding hydrogens is 362 g/mol. The van der Waals surface area contributed by atoms with E-state index < -0.39 is 0 Å². The van der Waals surface area contributed by atoms with E-state index in [9.17, 15) is 4.79 Å². The van der Waals surface area contributed by atoms with Crippen molar-refractivity contribution in [3.63, 3.8) is 0 Å². The highest BCUT2D eigenvalue weighted by Crippen LogP contribution is 2.34. The molecule has 0 bridgehead atoms. The van der Waals surface area contributed by atoms with Gasteiger partial charge in [-0.25, -0.2) is 4.98 Å². The number of benzene rings is 2. The Labute approximate surface area is 170 Å². The molecule has 1 amide bonds. The lowest BCUT2D eigenvalue weighted by atomic mass is 9.97. The van der Waals surface area contributed by atoms with Crippen molar-refractivity contribution < 1.29 is 4.79 Å². The zero-order valence-electron chi connectivity index (χ0n) is 16.7. The number of amides is 1. The summed E-state index contributed by atoms with van der Waals surface area (Å²) in [7, 11) is 0. The van der Waals surface area contributed by atoms with Crippen LogP contribution in [-0.4, -0.2) is 28.2 Å². The van der Waals surface area contributed by atoms with Crippen LogP contribution in [0.15, 0.2) is 60.1 Å². The number of nitrogens with zero attached hydrogens (tertiary/aromatic N) is 3. The fourth-order valence-electron chi connectivity index (χ4n) is 3.68. The van der Waals surface area contributed by atoms with Crippen LogP contribution < -0.4 is 10.6 Å². The lowest BCUT2D eigenvalue weighted by molar-refractivity contribution is -0.115. The molecule has 0 radical (unpaired) electrons. The number of carbonyl (C=O) groups is 1. The molecule has 1 aliphatic rings. The molecule has 2 N–H and O–H groups in total. The standard InChI is InChI=1S/C23H25N5O/c1-16-5-3-6-21-22(16)19(23(29)27-21)14-26-18-7-8-20(17(2)13-18)25-9-4-11-28-12-10-24-15-28/h3,5-8,10,12-15,19,25H,4,9,11H2,1-2H3,(H,27,29). The molecule has 1 aromatic heterocycles. The van der Waals surface area contributed by atoms with Crippen molar-refractivity contribution in [1.82, 2.24) is 9.55 Å². The smallest absolute Gasteiger partial charge is 0.237 e. The topological polar surface area (TPSA) is 71.3 Å². The highest BCUT2D eigenvalue weighted by Gasteiger charge is 2.30. The second-order valence-corrected chi connectivity index (χ2v) is 7.36. The van der Waals surface area contributed by atoms with Crippen molar-refractivity contribution in [2.75, 3.05) is 17.2 Å². The van der Waals surface area contributed by atoms with Gasteiger partial charge in [-0.3, -0.25) is 9.79 Å². The van der Waals surface area contributed by atoms with Crippen LogP contribution >= 0.6 is 0 Å². The molecule has 2 heterocycles. The lowest BCUT2D eigenvalue weighted by Crippen LogP contribution is -2.13. The van der Waals surface area contributed by atoms with E-state index in [1.165, 1.54) is 0 Å². The van der Waals surface area contributed by atoms with Crippen molar-refractivity contribution >= 4 is 29.2 Å². The zero-order chi connectivity index (χ0) is 20.2. The molecule has 3 aromatic rings. The molecule has 1 unspecified atom stereocenters. The zero-order valence-corrected chi connectivity index (χ0v) is 16.7. The Bertz CT molecular complexity index is 1040. The molecule has 6 heteroatoms. The number of hydrogen-bond acceptors (Lipinski definition) is 4. The summed E-state index contributed by atoms with van der Waals surface area (Å²) in [6.07, 6.45) is 8.38. The summed E-state index contributed by atoms with van der Waals surface area (Å²) < 4.78 is 2.07. The molecule has 29 heavy (non-hydrogen) atoms. The van der Waals surface area contributed by atoms with Crippen molar-refractivity contribution in [1.29, 1.82) is 0 Å². The number of hydrogen-bond donors (Lipinski definition) is 2. The van der Waals surface area contributed by atoms with Crippen LogP contribution in [0.4, 0.5) is 17.1 Å². The van der Waals surface area contributed by atoms with Gasteiger partial charge in [-0.15, -0.1) is 0 Å². The average molecular weight is 387 g/mol. The fourth-order valence-corrected chi connectivity index (χ4v) is 3.68. The van der Waals surface area contributed by atoms with Crippen LogP contribution in [0.3, 0.4) is 0 Å². The Balaban J connectivity index is 1.39. The van der Waals surface area contributed by atoms with E-state index in [1.807, 2.05) is 55.8 Å². The van der Waals surface area contributed by atoms with Crippen molar-refractivity contribution in [3.8, 4) is 0 Å². The second kappa shape index (κ2) is 8.31. The highest BCUT2D eigenvalue weighted by atomic mass is 16.2. The summed E-state index contributed by atoms with van der Waals surface area (Å²) in [6, 6.07) is 12.0. The predicted octanol–water partition coefficient (Wildman–Crippen LogP) is 4.44. The van der Waals surface area contributed by atoms with E-state index in [1.54, 1.807) is 12.4 Å². The first-order valence-corrected chi connectivity index (χ1v) is 9.86. The maximum absolute atomic E-state index is 12.3. The summed E-state index contributed by atoms with van der Waals surface area (Å²) in [4.78, 5) is 21.0. The lowest BCUT2D eigenvalue weighted by Gasteiger charge is -2.11. The van der Waals surface area contributed by atoms with Gasteiger partial charge in [0.2, 0.25) is 5.91 Å². The minimum atomic E-state index is -0.340. The monoisotopic (exact) mass is 387 g/mol. The molecule has 0 spiro atoms. The third kappa shape index (κ3) is 4.21. The number of aryl methyl sites for hydroxylation is 3. The maximum Gasteiger partial charge on any atom is 0.237 e. The van der Waals surface area contributed by atoms with Crippen molar-refractivity contribution in [3.05, 3.63) is 71.8 Å². The minimum absolute atomic E-state index is 0.0223. The molecule has 6 nitrogen and oxygen atoms in total. The normalized spacial score (nSPS) is 15.5. The summed E-state index contributed by atoms with van der Waals surface area (Å²) in [5, 5.41) is 6.42. The first-order valence-electron chi connectivity index (χ1n) is 9.86. The van der Waals surface area contributed by atoms with Gasteiger partial charge in [0.05, 0.1) is 12.0 Å². The number of rotatable bonds is 7. The fraction of sp³-hybridized carbons (Fsp3) is 0.261. The number of carbonyl (C=O) groups excluding carboxylic acids is 1. The Morgan fingerprint density at radius 2 is 2.14 bits per heavy atom. The molecule has 1 aliphatic heterocycles. The Morgan fingerprint density at radius 1 is 1.24 bits per heavy atom. The first kappa shape index (κ1) is 18.9. The van der Waals surface area contributed by atoms with E-state index in [0.717, 1.165) is 53.3 Å². The van der Waals surface area contributed by atoms with E-state index in [4.69, 9.17) is 0 Å². The van der Waals surface area contributed by atoms with Crippen molar-refractivity contribution in [2.45, 2.75) is 32.7 Å².